The molecule has 6 nitrogen and oxygen atoms in total. The Morgan fingerprint density at radius 2 is 1.54 bits per heavy atom. The van der Waals surface area contributed by atoms with Crippen LogP contribution in [0, 0.1) is 5.92 Å². The third-order valence-corrected chi connectivity index (χ3v) is 5.61. The molecule has 3 saturated heterocycles. The van der Waals surface area contributed by atoms with Gasteiger partial charge in [-0.05, 0) is 38.8 Å². The van der Waals surface area contributed by atoms with E-state index < -0.39 is 18.6 Å². The Hall–Kier alpha value is -1.44. The van der Waals surface area contributed by atoms with Gasteiger partial charge in [0, 0.05) is 38.0 Å². The Labute approximate surface area is 140 Å². The van der Waals surface area contributed by atoms with Gasteiger partial charge in [0.25, 0.3) is 5.92 Å². The summed E-state index contributed by atoms with van der Waals surface area (Å²) in [6.45, 7) is 2.43. The average molecular weight is 345 g/mol. The van der Waals surface area contributed by atoms with Crippen molar-refractivity contribution in [3.8, 4) is 0 Å². The predicted octanol–water partition coefficient (Wildman–Crippen LogP) is 1.71. The van der Waals surface area contributed by atoms with Crippen molar-refractivity contribution >= 4 is 12.0 Å². The molecule has 3 rings (SSSR count). The molecule has 24 heavy (non-hydrogen) atoms. The van der Waals surface area contributed by atoms with Crippen LogP contribution in [0.3, 0.4) is 0 Å². The van der Waals surface area contributed by atoms with Crippen molar-refractivity contribution < 1.29 is 23.5 Å². The Morgan fingerprint density at radius 3 is 2.04 bits per heavy atom. The molecule has 3 heterocycles. The van der Waals surface area contributed by atoms with Gasteiger partial charge in [0.15, 0.2) is 0 Å². The fourth-order valence-electron chi connectivity index (χ4n) is 4.12. The Balaban J connectivity index is 1.45. The van der Waals surface area contributed by atoms with Crippen LogP contribution in [0.2, 0.25) is 0 Å². The van der Waals surface area contributed by atoms with E-state index in [0.29, 0.717) is 32.0 Å². The van der Waals surface area contributed by atoms with E-state index in [-0.39, 0.29) is 24.8 Å². The molecule has 0 aromatic carbocycles. The van der Waals surface area contributed by atoms with Crippen molar-refractivity contribution in [3.05, 3.63) is 0 Å². The highest BCUT2D eigenvalue weighted by molar-refractivity contribution is 5.79. The summed E-state index contributed by atoms with van der Waals surface area (Å²) in [4.78, 5) is 28.4. The number of hydrogen-bond donors (Lipinski definition) is 1. The van der Waals surface area contributed by atoms with Crippen LogP contribution in [0.1, 0.15) is 32.1 Å². The molecule has 0 spiro atoms. The van der Waals surface area contributed by atoms with Crippen molar-refractivity contribution in [3.63, 3.8) is 0 Å². The first-order valence-corrected chi connectivity index (χ1v) is 8.74. The summed E-state index contributed by atoms with van der Waals surface area (Å²) in [7, 11) is 0. The molecular formula is C16H25F2N3O3. The van der Waals surface area contributed by atoms with E-state index in [2.05, 4.69) is 4.90 Å². The Bertz CT molecular complexity index is 487. The first-order valence-electron chi connectivity index (χ1n) is 8.74. The van der Waals surface area contributed by atoms with Crippen molar-refractivity contribution in [1.29, 1.82) is 0 Å². The number of carbonyl (C=O) groups is 2. The molecule has 0 radical (unpaired) electrons. The van der Waals surface area contributed by atoms with Gasteiger partial charge in [0.05, 0.1) is 6.54 Å². The molecule has 0 unspecified atom stereocenters. The van der Waals surface area contributed by atoms with Crippen LogP contribution in [-0.4, -0.2) is 83.0 Å². The van der Waals surface area contributed by atoms with Crippen molar-refractivity contribution in [2.24, 2.45) is 5.92 Å². The van der Waals surface area contributed by atoms with Crippen LogP contribution in [0.25, 0.3) is 0 Å². The number of piperidine rings is 2. The number of carboxylic acid groups (broad SMARTS) is 1. The third kappa shape index (κ3) is 3.79. The minimum Gasteiger partial charge on any atom is -0.465 e. The van der Waals surface area contributed by atoms with Crippen LogP contribution in [0.4, 0.5) is 13.6 Å². The quantitative estimate of drug-likeness (QED) is 0.828. The SMILES string of the molecule is O=C(O)N1CCC(N2CCC(C(=O)N3CCC(F)(F)C3)CC2)CC1. The van der Waals surface area contributed by atoms with Gasteiger partial charge in [-0.15, -0.1) is 0 Å². The van der Waals surface area contributed by atoms with E-state index in [0.717, 1.165) is 25.9 Å². The van der Waals surface area contributed by atoms with Gasteiger partial charge in [-0.1, -0.05) is 0 Å². The van der Waals surface area contributed by atoms with E-state index in [1.165, 1.54) is 9.80 Å². The van der Waals surface area contributed by atoms with Crippen LogP contribution >= 0.6 is 0 Å². The highest BCUT2D eigenvalue weighted by Crippen LogP contribution is 2.30. The van der Waals surface area contributed by atoms with Crippen molar-refractivity contribution in [2.75, 3.05) is 39.3 Å². The van der Waals surface area contributed by atoms with E-state index >= 15 is 0 Å². The molecule has 0 bridgehead atoms. The Kier molecular flexibility index (Phi) is 4.94. The molecule has 3 aliphatic heterocycles. The standard InChI is InChI=1S/C16H25F2N3O3/c17-16(18)5-10-21(11-16)14(22)12-1-6-19(7-2-12)13-3-8-20(9-4-13)15(23)24/h12-13H,1-11H2,(H,23,24). The zero-order chi connectivity index (χ0) is 17.3. The van der Waals surface area contributed by atoms with Crippen LogP contribution in [0.15, 0.2) is 0 Å². The zero-order valence-corrected chi connectivity index (χ0v) is 13.8. The van der Waals surface area contributed by atoms with Gasteiger partial charge in [0.1, 0.15) is 0 Å². The minimum atomic E-state index is -2.73. The molecular weight excluding hydrogens is 320 g/mol. The maximum Gasteiger partial charge on any atom is 0.407 e. The average Bonchev–Trinajstić information content (AvgIpc) is 2.94. The lowest BCUT2D eigenvalue weighted by Crippen LogP contribution is -2.50. The summed E-state index contributed by atoms with van der Waals surface area (Å²) in [6.07, 6.45) is 1.98. The molecule has 3 aliphatic rings. The van der Waals surface area contributed by atoms with Crippen LogP contribution in [-0.2, 0) is 4.79 Å². The summed E-state index contributed by atoms with van der Waals surface area (Å²) in [5.41, 5.74) is 0. The number of carbonyl (C=O) groups excluding carboxylic acids is 1. The number of amides is 2. The largest absolute Gasteiger partial charge is 0.465 e. The van der Waals surface area contributed by atoms with Crippen LogP contribution in [0.5, 0.6) is 0 Å². The molecule has 0 aromatic rings. The summed E-state index contributed by atoms with van der Waals surface area (Å²) in [5.74, 6) is -2.99. The van der Waals surface area contributed by atoms with E-state index in [1.807, 2.05) is 0 Å². The lowest BCUT2D eigenvalue weighted by molar-refractivity contribution is -0.137. The second-order valence-corrected chi connectivity index (χ2v) is 7.18. The molecule has 8 heteroatoms. The lowest BCUT2D eigenvalue weighted by atomic mass is 9.92. The molecule has 1 N–H and O–H groups in total. The van der Waals surface area contributed by atoms with Gasteiger partial charge < -0.3 is 19.8 Å². The molecule has 136 valence electrons. The van der Waals surface area contributed by atoms with Crippen LogP contribution < -0.4 is 0 Å². The second-order valence-electron chi connectivity index (χ2n) is 7.18. The third-order valence-electron chi connectivity index (χ3n) is 5.61. The topological polar surface area (TPSA) is 64.1 Å². The second kappa shape index (κ2) is 6.82. The molecule has 0 aromatic heterocycles. The number of hydrogen-bond acceptors (Lipinski definition) is 3. The minimum absolute atomic E-state index is 0.118. The molecule has 0 atom stereocenters. The van der Waals surface area contributed by atoms with E-state index in [4.69, 9.17) is 5.11 Å². The number of alkyl halides is 2. The molecule has 0 aliphatic carbocycles. The maximum atomic E-state index is 13.3. The van der Waals surface area contributed by atoms with Crippen molar-refractivity contribution in [2.45, 2.75) is 44.1 Å². The van der Waals surface area contributed by atoms with E-state index in [1.54, 1.807) is 0 Å². The van der Waals surface area contributed by atoms with E-state index in [9.17, 15) is 18.4 Å². The van der Waals surface area contributed by atoms with Gasteiger partial charge in [-0.3, -0.25) is 4.79 Å². The maximum absolute atomic E-state index is 13.3. The lowest BCUT2D eigenvalue weighted by Gasteiger charge is -2.41. The number of likely N-dealkylation sites (tertiary alicyclic amines) is 3. The summed E-state index contributed by atoms with van der Waals surface area (Å²) >= 11 is 0. The summed E-state index contributed by atoms with van der Waals surface area (Å²) < 4.78 is 26.5. The highest BCUT2D eigenvalue weighted by Gasteiger charge is 2.42. The summed E-state index contributed by atoms with van der Waals surface area (Å²) in [5, 5.41) is 8.99. The van der Waals surface area contributed by atoms with Crippen molar-refractivity contribution in [1.82, 2.24) is 14.7 Å². The fraction of sp³-hybridized carbons (Fsp3) is 0.875. The Morgan fingerprint density at radius 1 is 0.917 bits per heavy atom. The summed E-state index contributed by atoms with van der Waals surface area (Å²) in [6, 6.07) is 0.368. The monoisotopic (exact) mass is 345 g/mol. The van der Waals surface area contributed by atoms with Gasteiger partial charge in [-0.2, -0.15) is 0 Å². The smallest absolute Gasteiger partial charge is 0.407 e. The zero-order valence-electron chi connectivity index (χ0n) is 13.8. The van der Waals surface area contributed by atoms with Gasteiger partial charge in [0.2, 0.25) is 5.91 Å². The molecule has 0 saturated carbocycles. The van der Waals surface area contributed by atoms with Gasteiger partial charge >= 0.3 is 6.09 Å². The predicted molar refractivity (Wildman–Crippen MR) is 83.1 cm³/mol. The number of rotatable bonds is 2. The number of halogens is 2. The number of nitrogens with zero attached hydrogens (tertiary/aromatic N) is 3. The first-order chi connectivity index (χ1) is 11.4. The van der Waals surface area contributed by atoms with Gasteiger partial charge in [-0.25, -0.2) is 13.6 Å². The fourth-order valence-corrected chi connectivity index (χ4v) is 4.12. The first kappa shape index (κ1) is 17.4. The molecule has 3 fully saturated rings. The molecule has 2 amide bonds. The normalized spacial score (nSPS) is 26.8. The highest BCUT2D eigenvalue weighted by atomic mass is 19.3.